The van der Waals surface area contributed by atoms with E-state index in [9.17, 15) is 5.11 Å². The number of aromatic nitrogens is 5. The molecule has 5 rings (SSSR count). The highest BCUT2D eigenvalue weighted by Crippen LogP contribution is 2.28. The van der Waals surface area contributed by atoms with Crippen molar-refractivity contribution < 1.29 is 5.11 Å². The van der Waals surface area contributed by atoms with Gasteiger partial charge in [-0.3, -0.25) is 4.98 Å². The van der Waals surface area contributed by atoms with E-state index in [1.807, 2.05) is 28.9 Å². The third-order valence-corrected chi connectivity index (χ3v) is 5.51. The fourth-order valence-corrected chi connectivity index (χ4v) is 4.03. The molecule has 0 bridgehead atoms. The van der Waals surface area contributed by atoms with Crippen LogP contribution in [0, 0.1) is 5.92 Å². The van der Waals surface area contributed by atoms with E-state index < -0.39 is 0 Å². The second-order valence-electron chi connectivity index (χ2n) is 7.39. The zero-order valence-corrected chi connectivity index (χ0v) is 15.0. The van der Waals surface area contributed by atoms with E-state index in [2.05, 4.69) is 33.5 Å². The van der Waals surface area contributed by atoms with E-state index in [-0.39, 0.29) is 6.10 Å². The molecule has 3 heterocycles. The average molecular weight is 359 g/mol. The van der Waals surface area contributed by atoms with Gasteiger partial charge in [0.05, 0.1) is 18.2 Å². The van der Waals surface area contributed by atoms with Gasteiger partial charge in [0.15, 0.2) is 5.65 Å². The molecule has 3 aromatic heterocycles. The van der Waals surface area contributed by atoms with Crippen LogP contribution in [0.25, 0.3) is 22.1 Å². The lowest BCUT2D eigenvalue weighted by molar-refractivity contribution is 0.132. The van der Waals surface area contributed by atoms with E-state index in [0.29, 0.717) is 12.5 Å². The van der Waals surface area contributed by atoms with Gasteiger partial charge in [0.25, 0.3) is 0 Å². The van der Waals surface area contributed by atoms with Gasteiger partial charge in [0, 0.05) is 17.3 Å². The van der Waals surface area contributed by atoms with Gasteiger partial charge < -0.3 is 5.11 Å². The van der Waals surface area contributed by atoms with Gasteiger partial charge in [-0.2, -0.15) is 0 Å². The van der Waals surface area contributed by atoms with Gasteiger partial charge in [0.1, 0.15) is 5.52 Å². The predicted octanol–water partition coefficient (Wildman–Crippen LogP) is 3.13. The van der Waals surface area contributed by atoms with Gasteiger partial charge in [0.2, 0.25) is 0 Å². The molecule has 136 valence electrons. The van der Waals surface area contributed by atoms with E-state index in [1.54, 1.807) is 6.20 Å². The molecule has 0 amide bonds. The first kappa shape index (κ1) is 16.3. The van der Waals surface area contributed by atoms with Crippen LogP contribution in [0.1, 0.15) is 30.5 Å². The minimum absolute atomic E-state index is 0.197. The number of benzene rings is 1. The quantitative estimate of drug-likeness (QED) is 0.606. The van der Waals surface area contributed by atoms with E-state index in [4.69, 9.17) is 4.98 Å². The molecule has 0 spiro atoms. The maximum Gasteiger partial charge on any atom is 0.179 e. The first-order valence-corrected chi connectivity index (χ1v) is 9.47. The number of pyridine rings is 2. The molecule has 2 atom stereocenters. The lowest BCUT2D eigenvalue weighted by Gasteiger charge is -2.13. The second-order valence-corrected chi connectivity index (χ2v) is 7.39. The minimum Gasteiger partial charge on any atom is -0.393 e. The number of aliphatic hydroxyl groups is 1. The first-order chi connectivity index (χ1) is 13.3. The summed E-state index contributed by atoms with van der Waals surface area (Å²) >= 11 is 0. The molecule has 6 heteroatoms. The largest absolute Gasteiger partial charge is 0.393 e. The number of nitrogens with zero attached hydrogens (tertiary/aromatic N) is 5. The van der Waals surface area contributed by atoms with Crippen molar-refractivity contribution in [1.82, 2.24) is 25.0 Å². The Labute approximate surface area is 156 Å². The molecule has 1 saturated carbocycles. The van der Waals surface area contributed by atoms with Gasteiger partial charge in [-0.1, -0.05) is 23.8 Å². The molecular formula is C21H21N5O. The maximum atomic E-state index is 10.1. The maximum absolute atomic E-state index is 10.1. The van der Waals surface area contributed by atoms with Gasteiger partial charge in [-0.05, 0) is 61.1 Å². The minimum atomic E-state index is -0.197. The Hall–Kier alpha value is -2.86. The molecule has 1 N–H and O–H groups in total. The molecule has 0 aliphatic heterocycles. The molecule has 1 aliphatic rings. The molecule has 6 nitrogen and oxygen atoms in total. The standard InChI is InChI=1S/C21H21N5O/c27-20-5-1-3-16(20)12-17-7-9-19-21(23-17)26(25-24-19)13-14-6-8-18-15(11-14)4-2-10-22-18/h2,4,6-11,16,20,27H,1,3,5,12-13H2/t16-,20-/m0/s1. The summed E-state index contributed by atoms with van der Waals surface area (Å²) in [5, 5.41) is 19.8. The van der Waals surface area contributed by atoms with Crippen molar-refractivity contribution in [2.24, 2.45) is 5.92 Å². The normalized spacial score (nSPS) is 19.9. The summed E-state index contributed by atoms with van der Waals surface area (Å²) in [5.41, 5.74) is 4.72. The Morgan fingerprint density at radius 3 is 2.89 bits per heavy atom. The lowest BCUT2D eigenvalue weighted by atomic mass is 9.99. The number of hydrogen-bond acceptors (Lipinski definition) is 5. The Kier molecular flexibility index (Phi) is 4.05. The third-order valence-electron chi connectivity index (χ3n) is 5.51. The van der Waals surface area contributed by atoms with Crippen LogP contribution < -0.4 is 0 Å². The highest BCUT2D eigenvalue weighted by molar-refractivity contribution is 5.79. The molecule has 1 fully saturated rings. The van der Waals surface area contributed by atoms with Gasteiger partial charge in [-0.25, -0.2) is 9.67 Å². The number of rotatable bonds is 4. The van der Waals surface area contributed by atoms with Crippen molar-refractivity contribution in [3.05, 3.63) is 59.9 Å². The summed E-state index contributed by atoms with van der Waals surface area (Å²) in [4.78, 5) is 9.17. The lowest BCUT2D eigenvalue weighted by Crippen LogP contribution is -2.16. The van der Waals surface area contributed by atoms with Crippen LogP contribution in [0.3, 0.4) is 0 Å². The highest BCUT2D eigenvalue weighted by atomic mass is 16.3. The Bertz CT molecular complexity index is 1110. The van der Waals surface area contributed by atoms with Crippen LogP contribution in [0.2, 0.25) is 0 Å². The van der Waals surface area contributed by atoms with Crippen LogP contribution in [-0.2, 0) is 13.0 Å². The highest BCUT2D eigenvalue weighted by Gasteiger charge is 2.25. The summed E-state index contributed by atoms with van der Waals surface area (Å²) in [6.07, 6.45) is 5.50. The monoisotopic (exact) mass is 359 g/mol. The molecule has 27 heavy (non-hydrogen) atoms. The molecule has 4 aromatic rings. The van der Waals surface area contributed by atoms with E-state index in [1.165, 1.54) is 0 Å². The smallest absolute Gasteiger partial charge is 0.179 e. The molecular weight excluding hydrogens is 338 g/mol. The van der Waals surface area contributed by atoms with Crippen LogP contribution in [0.4, 0.5) is 0 Å². The first-order valence-electron chi connectivity index (χ1n) is 9.47. The summed E-state index contributed by atoms with van der Waals surface area (Å²) in [5.74, 6) is 0.312. The predicted molar refractivity (Wildman–Crippen MR) is 103 cm³/mol. The van der Waals surface area contributed by atoms with Crippen LogP contribution in [0.15, 0.2) is 48.7 Å². The van der Waals surface area contributed by atoms with Crippen molar-refractivity contribution in [1.29, 1.82) is 0 Å². The SMILES string of the molecule is O[C@H]1CCC[C@H]1Cc1ccc2nnn(Cc3ccc4ncccc4c3)c2n1. The van der Waals surface area contributed by atoms with Crippen molar-refractivity contribution in [3.63, 3.8) is 0 Å². The molecule has 0 radical (unpaired) electrons. The molecule has 1 aliphatic carbocycles. The number of fused-ring (bicyclic) bond motifs is 2. The van der Waals surface area contributed by atoms with Crippen molar-refractivity contribution in [2.75, 3.05) is 0 Å². The molecule has 1 aromatic carbocycles. The van der Waals surface area contributed by atoms with Gasteiger partial charge in [-0.15, -0.1) is 5.10 Å². The Morgan fingerprint density at radius 2 is 2.00 bits per heavy atom. The molecule has 0 saturated heterocycles. The number of aliphatic hydroxyl groups excluding tert-OH is 1. The number of hydrogen-bond donors (Lipinski definition) is 1. The second kappa shape index (κ2) is 6.70. The summed E-state index contributed by atoms with van der Waals surface area (Å²) in [6.45, 7) is 0.615. The zero-order valence-electron chi connectivity index (χ0n) is 15.0. The molecule has 0 unspecified atom stereocenters. The third kappa shape index (κ3) is 3.17. The Morgan fingerprint density at radius 1 is 1.07 bits per heavy atom. The zero-order chi connectivity index (χ0) is 18.2. The fourth-order valence-electron chi connectivity index (χ4n) is 4.03. The van der Waals surface area contributed by atoms with E-state index >= 15 is 0 Å². The van der Waals surface area contributed by atoms with Crippen LogP contribution in [-0.4, -0.2) is 36.2 Å². The summed E-state index contributed by atoms with van der Waals surface area (Å²) in [7, 11) is 0. The van der Waals surface area contributed by atoms with Crippen molar-refractivity contribution in [3.8, 4) is 0 Å². The average Bonchev–Trinajstić information content (AvgIpc) is 3.28. The fraction of sp³-hybridized carbons (Fsp3) is 0.333. The van der Waals surface area contributed by atoms with Crippen LogP contribution >= 0.6 is 0 Å². The van der Waals surface area contributed by atoms with Crippen molar-refractivity contribution >= 4 is 22.1 Å². The van der Waals surface area contributed by atoms with Crippen molar-refractivity contribution in [2.45, 2.75) is 38.3 Å². The summed E-state index contributed by atoms with van der Waals surface area (Å²) < 4.78 is 1.85. The van der Waals surface area contributed by atoms with Gasteiger partial charge >= 0.3 is 0 Å². The van der Waals surface area contributed by atoms with Crippen LogP contribution in [0.5, 0.6) is 0 Å². The topological polar surface area (TPSA) is 76.7 Å². The van der Waals surface area contributed by atoms with E-state index in [0.717, 1.165) is 59.0 Å². The Balaban J connectivity index is 1.44. The summed E-state index contributed by atoms with van der Waals surface area (Å²) in [6, 6.07) is 14.2.